The molecule has 2 rings (SSSR count). The van der Waals surface area contributed by atoms with Crippen LogP contribution in [0.15, 0.2) is 24.8 Å². The molecule has 0 saturated carbocycles. The number of hydrogen-bond acceptors (Lipinski definition) is 1. The van der Waals surface area contributed by atoms with Crippen molar-refractivity contribution in [2.75, 3.05) is 7.11 Å². The average molecular weight is 232 g/mol. The van der Waals surface area contributed by atoms with Crippen molar-refractivity contribution in [1.82, 2.24) is 0 Å². The van der Waals surface area contributed by atoms with Gasteiger partial charge in [-0.2, -0.15) is 17.6 Å². The van der Waals surface area contributed by atoms with Crippen LogP contribution in [0.4, 0.5) is 17.6 Å². The molecular formula is C11H8F4O. The molecule has 1 aliphatic rings. The molecule has 1 aliphatic carbocycles. The minimum absolute atomic E-state index is 0.115. The fourth-order valence-corrected chi connectivity index (χ4v) is 1.70. The van der Waals surface area contributed by atoms with E-state index in [4.69, 9.17) is 4.74 Å². The summed E-state index contributed by atoms with van der Waals surface area (Å²) in [5, 5.41) is 0. The Morgan fingerprint density at radius 2 is 1.75 bits per heavy atom. The van der Waals surface area contributed by atoms with Gasteiger partial charge in [0, 0.05) is 11.1 Å². The first kappa shape index (κ1) is 11.0. The van der Waals surface area contributed by atoms with Gasteiger partial charge in [-0.3, -0.25) is 0 Å². The summed E-state index contributed by atoms with van der Waals surface area (Å²) in [6.07, 6.45) is 0. The van der Waals surface area contributed by atoms with Gasteiger partial charge in [0.15, 0.2) is 0 Å². The van der Waals surface area contributed by atoms with E-state index in [-0.39, 0.29) is 11.3 Å². The second kappa shape index (κ2) is 2.99. The zero-order chi connectivity index (χ0) is 12.1. The van der Waals surface area contributed by atoms with E-state index in [0.29, 0.717) is 0 Å². The Morgan fingerprint density at radius 1 is 1.12 bits per heavy atom. The van der Waals surface area contributed by atoms with Gasteiger partial charge in [0.05, 0.1) is 7.11 Å². The number of halogens is 4. The Hall–Kier alpha value is -1.52. The first-order valence-corrected chi connectivity index (χ1v) is 4.46. The lowest BCUT2D eigenvalue weighted by Gasteiger charge is -2.19. The number of ether oxygens (including phenoxy) is 1. The van der Waals surface area contributed by atoms with Crippen LogP contribution in [0.5, 0.6) is 5.75 Å². The molecule has 0 aliphatic heterocycles. The molecule has 0 aromatic heterocycles. The summed E-state index contributed by atoms with van der Waals surface area (Å²) in [5.74, 6) is -8.35. The Kier molecular flexibility index (Phi) is 2.05. The van der Waals surface area contributed by atoms with Crippen LogP contribution in [0.3, 0.4) is 0 Å². The molecule has 0 N–H and O–H groups in total. The average Bonchev–Trinajstić information content (AvgIpc) is 2.38. The van der Waals surface area contributed by atoms with Gasteiger partial charge in [-0.25, -0.2) is 0 Å². The van der Waals surface area contributed by atoms with Crippen LogP contribution in [-0.2, 0) is 5.92 Å². The monoisotopic (exact) mass is 232 g/mol. The third-order valence-corrected chi connectivity index (χ3v) is 2.66. The highest BCUT2D eigenvalue weighted by molar-refractivity contribution is 5.79. The Morgan fingerprint density at radius 3 is 2.31 bits per heavy atom. The van der Waals surface area contributed by atoms with Gasteiger partial charge in [0.25, 0.3) is 0 Å². The first-order valence-electron chi connectivity index (χ1n) is 4.46. The highest BCUT2D eigenvalue weighted by Crippen LogP contribution is 2.57. The molecule has 0 spiro atoms. The van der Waals surface area contributed by atoms with Crippen LogP contribution in [0, 0.1) is 0 Å². The van der Waals surface area contributed by atoms with Crippen LogP contribution in [-0.4, -0.2) is 13.0 Å². The summed E-state index contributed by atoms with van der Waals surface area (Å²) >= 11 is 0. The van der Waals surface area contributed by atoms with Crippen LogP contribution in [0.25, 0.3) is 5.57 Å². The number of allylic oxidation sites excluding steroid dienone is 1. The van der Waals surface area contributed by atoms with Crippen LogP contribution < -0.4 is 4.74 Å². The van der Waals surface area contributed by atoms with Crippen molar-refractivity contribution in [2.45, 2.75) is 11.8 Å². The smallest absolute Gasteiger partial charge is 0.340 e. The maximum atomic E-state index is 13.4. The molecule has 1 aromatic carbocycles. The topological polar surface area (TPSA) is 9.23 Å². The third-order valence-electron chi connectivity index (χ3n) is 2.66. The maximum absolute atomic E-state index is 13.4. The van der Waals surface area contributed by atoms with E-state index in [1.807, 2.05) is 0 Å². The number of alkyl halides is 4. The molecule has 1 aromatic rings. The third kappa shape index (κ3) is 1.11. The number of hydrogen-bond donors (Lipinski definition) is 0. The lowest BCUT2D eigenvalue weighted by molar-refractivity contribution is -0.172. The van der Waals surface area contributed by atoms with Crippen molar-refractivity contribution < 1.29 is 22.3 Å². The number of fused-ring (bicyclic) bond motifs is 1. The van der Waals surface area contributed by atoms with Crippen molar-refractivity contribution in [2.24, 2.45) is 0 Å². The minimum Gasteiger partial charge on any atom is -0.497 e. The van der Waals surface area contributed by atoms with Gasteiger partial charge in [-0.1, -0.05) is 12.6 Å². The van der Waals surface area contributed by atoms with E-state index in [1.165, 1.54) is 19.2 Å². The fraction of sp³-hybridized carbons (Fsp3) is 0.273. The molecule has 0 saturated heterocycles. The summed E-state index contributed by atoms with van der Waals surface area (Å²) in [6.45, 7) is 3.03. The summed E-state index contributed by atoms with van der Waals surface area (Å²) in [4.78, 5) is 0. The zero-order valence-corrected chi connectivity index (χ0v) is 8.36. The number of rotatable bonds is 1. The first-order chi connectivity index (χ1) is 7.32. The van der Waals surface area contributed by atoms with Crippen molar-refractivity contribution in [1.29, 1.82) is 0 Å². The SMILES string of the molecule is C=C1c2ccc(OC)cc2C(F)(F)C1(F)F. The molecule has 0 atom stereocenters. The minimum atomic E-state index is -4.23. The summed E-state index contributed by atoms with van der Waals surface area (Å²) in [5.41, 5.74) is -1.80. The highest BCUT2D eigenvalue weighted by atomic mass is 19.3. The predicted octanol–water partition coefficient (Wildman–Crippen LogP) is 3.45. The quantitative estimate of drug-likeness (QED) is 0.674. The van der Waals surface area contributed by atoms with Gasteiger partial charge in [0.2, 0.25) is 0 Å². The molecule has 0 fully saturated rings. The Labute approximate surface area is 89.3 Å². The summed E-state index contributed by atoms with van der Waals surface area (Å²) in [6, 6.07) is 3.44. The van der Waals surface area contributed by atoms with Gasteiger partial charge in [-0.05, 0) is 17.7 Å². The van der Waals surface area contributed by atoms with Crippen molar-refractivity contribution in [3.05, 3.63) is 35.9 Å². The van der Waals surface area contributed by atoms with E-state index < -0.39 is 23.0 Å². The number of methoxy groups -OCH3 is 1. The van der Waals surface area contributed by atoms with Crippen LogP contribution >= 0.6 is 0 Å². The van der Waals surface area contributed by atoms with Crippen molar-refractivity contribution in [3.63, 3.8) is 0 Å². The van der Waals surface area contributed by atoms with Crippen molar-refractivity contribution in [3.8, 4) is 5.75 Å². The number of benzene rings is 1. The molecule has 0 amide bonds. The molecule has 0 unspecified atom stereocenters. The summed E-state index contributed by atoms with van der Waals surface area (Å²) < 4.78 is 58.1. The highest BCUT2D eigenvalue weighted by Gasteiger charge is 2.65. The van der Waals surface area contributed by atoms with E-state index in [0.717, 1.165) is 6.07 Å². The molecular weight excluding hydrogens is 224 g/mol. The van der Waals surface area contributed by atoms with E-state index in [1.54, 1.807) is 0 Å². The summed E-state index contributed by atoms with van der Waals surface area (Å²) in [7, 11) is 1.28. The van der Waals surface area contributed by atoms with Crippen LogP contribution in [0.2, 0.25) is 0 Å². The Balaban J connectivity index is 2.68. The van der Waals surface area contributed by atoms with Gasteiger partial charge < -0.3 is 4.74 Å². The van der Waals surface area contributed by atoms with E-state index in [2.05, 4.69) is 6.58 Å². The molecule has 0 radical (unpaired) electrons. The van der Waals surface area contributed by atoms with E-state index in [9.17, 15) is 17.6 Å². The molecule has 0 bridgehead atoms. The standard InChI is InChI=1S/C11H8F4O/c1-6-8-4-3-7(16-2)5-9(8)11(14,15)10(6,12)13/h3-5H,1H2,2H3. The fourth-order valence-electron chi connectivity index (χ4n) is 1.70. The molecule has 16 heavy (non-hydrogen) atoms. The van der Waals surface area contributed by atoms with Crippen LogP contribution in [0.1, 0.15) is 11.1 Å². The van der Waals surface area contributed by atoms with E-state index >= 15 is 0 Å². The van der Waals surface area contributed by atoms with Gasteiger partial charge in [-0.15, -0.1) is 0 Å². The maximum Gasteiger partial charge on any atom is 0.340 e. The van der Waals surface area contributed by atoms with Crippen molar-refractivity contribution >= 4 is 5.57 Å². The Bertz CT molecular complexity index is 465. The molecule has 5 heteroatoms. The second-order valence-corrected chi connectivity index (χ2v) is 3.54. The predicted molar refractivity (Wildman–Crippen MR) is 50.9 cm³/mol. The van der Waals surface area contributed by atoms with Gasteiger partial charge >= 0.3 is 11.8 Å². The molecule has 86 valence electrons. The zero-order valence-electron chi connectivity index (χ0n) is 8.36. The normalized spacial score (nSPS) is 20.7. The van der Waals surface area contributed by atoms with Gasteiger partial charge in [0.1, 0.15) is 5.75 Å². The molecule has 1 nitrogen and oxygen atoms in total. The lowest BCUT2D eigenvalue weighted by atomic mass is 10.1. The lowest BCUT2D eigenvalue weighted by Crippen LogP contribution is -2.32. The molecule has 0 heterocycles. The largest absolute Gasteiger partial charge is 0.497 e. The second-order valence-electron chi connectivity index (χ2n) is 3.54.